The molecule has 0 saturated carbocycles. The van der Waals surface area contributed by atoms with Crippen LogP contribution in [-0.4, -0.2) is 22.3 Å². The van der Waals surface area contributed by atoms with E-state index in [1.54, 1.807) is 30.0 Å². The summed E-state index contributed by atoms with van der Waals surface area (Å²) < 4.78 is 0. The van der Waals surface area contributed by atoms with Crippen molar-refractivity contribution >= 4 is 34.3 Å². The zero-order valence-corrected chi connectivity index (χ0v) is 12.2. The minimum atomic E-state index is -0.144. The normalized spacial score (nSPS) is 12.8. The van der Waals surface area contributed by atoms with Gasteiger partial charge in [0.2, 0.25) is 0 Å². The molecule has 2 rings (SSSR count). The maximum atomic E-state index is 11.9. The van der Waals surface area contributed by atoms with Gasteiger partial charge in [-0.05, 0) is 36.4 Å². The summed E-state index contributed by atoms with van der Waals surface area (Å²) in [6.45, 7) is 2.78. The summed E-state index contributed by atoms with van der Waals surface area (Å²) in [7, 11) is 0. The van der Waals surface area contributed by atoms with Crippen molar-refractivity contribution in [3.63, 3.8) is 0 Å². The molecule has 1 aromatic heterocycles. The first-order valence-corrected chi connectivity index (χ1v) is 7.59. The number of aromatic amines is 1. The van der Waals surface area contributed by atoms with Gasteiger partial charge in [-0.25, -0.2) is 4.98 Å². The van der Waals surface area contributed by atoms with Crippen molar-refractivity contribution in [2.45, 2.75) is 12.7 Å². The van der Waals surface area contributed by atoms with Crippen molar-refractivity contribution in [2.24, 2.45) is 11.7 Å². The van der Waals surface area contributed by atoms with E-state index in [1.165, 1.54) is 0 Å². The quantitative estimate of drug-likeness (QED) is 0.889. The molecule has 0 radical (unpaired) electrons. The van der Waals surface area contributed by atoms with Gasteiger partial charge in [0.1, 0.15) is 5.82 Å². The molecule has 3 N–H and O–H groups in total. The number of H-pyrrole nitrogens is 1. The van der Waals surface area contributed by atoms with Crippen LogP contribution < -0.4 is 11.3 Å². The van der Waals surface area contributed by atoms with Crippen LogP contribution in [0, 0.1) is 5.92 Å². The molecular formula is C13H16ClN3OS. The predicted octanol–water partition coefficient (Wildman–Crippen LogP) is 2.40. The van der Waals surface area contributed by atoms with Crippen LogP contribution in [0.2, 0.25) is 5.02 Å². The van der Waals surface area contributed by atoms with E-state index in [1.807, 2.05) is 0 Å². The standard InChI is InChI=1S/C13H16ClN3OS/c1-8(5-15)6-19-7-12-16-11-3-2-9(14)4-10(11)13(18)17-12/h2-4,8H,5-7,15H2,1H3,(H,16,17,18). The zero-order chi connectivity index (χ0) is 13.8. The highest BCUT2D eigenvalue weighted by Crippen LogP contribution is 2.16. The van der Waals surface area contributed by atoms with Crippen LogP contribution in [-0.2, 0) is 5.75 Å². The van der Waals surface area contributed by atoms with Gasteiger partial charge in [0, 0.05) is 5.02 Å². The third-order valence-corrected chi connectivity index (χ3v) is 4.28. The maximum absolute atomic E-state index is 11.9. The Balaban J connectivity index is 2.17. The smallest absolute Gasteiger partial charge is 0.258 e. The van der Waals surface area contributed by atoms with Crippen LogP contribution in [0.1, 0.15) is 12.7 Å². The molecule has 2 aromatic rings. The van der Waals surface area contributed by atoms with Crippen LogP contribution in [0.15, 0.2) is 23.0 Å². The average molecular weight is 298 g/mol. The van der Waals surface area contributed by atoms with E-state index in [2.05, 4.69) is 16.9 Å². The first-order chi connectivity index (χ1) is 9.10. The molecule has 0 fully saturated rings. The summed E-state index contributed by atoms with van der Waals surface area (Å²) in [5.74, 6) is 2.79. The van der Waals surface area contributed by atoms with Gasteiger partial charge in [-0.2, -0.15) is 11.8 Å². The first kappa shape index (κ1) is 14.4. The lowest BCUT2D eigenvalue weighted by Crippen LogP contribution is -2.14. The largest absolute Gasteiger partial charge is 0.330 e. The molecule has 1 heterocycles. The average Bonchev–Trinajstić information content (AvgIpc) is 2.39. The molecular weight excluding hydrogens is 282 g/mol. The van der Waals surface area contributed by atoms with Crippen molar-refractivity contribution in [3.8, 4) is 0 Å². The van der Waals surface area contributed by atoms with Crippen molar-refractivity contribution in [1.82, 2.24) is 9.97 Å². The molecule has 1 aromatic carbocycles. The SMILES string of the molecule is CC(CN)CSCc1nc2ccc(Cl)cc2c(=O)[nH]1. The lowest BCUT2D eigenvalue weighted by Gasteiger charge is -2.07. The number of fused-ring (bicyclic) bond motifs is 1. The summed E-state index contributed by atoms with van der Waals surface area (Å²) in [6, 6.07) is 5.14. The third kappa shape index (κ3) is 3.72. The number of thioether (sulfide) groups is 1. The van der Waals surface area contributed by atoms with Gasteiger partial charge in [-0.3, -0.25) is 4.79 Å². The molecule has 0 aliphatic heterocycles. The summed E-state index contributed by atoms with van der Waals surface area (Å²) in [5.41, 5.74) is 6.10. The summed E-state index contributed by atoms with van der Waals surface area (Å²) >= 11 is 7.59. The van der Waals surface area contributed by atoms with E-state index < -0.39 is 0 Å². The van der Waals surface area contributed by atoms with Crippen LogP contribution in [0.4, 0.5) is 0 Å². The first-order valence-electron chi connectivity index (χ1n) is 6.06. The molecule has 0 spiro atoms. The fourth-order valence-electron chi connectivity index (χ4n) is 1.65. The van der Waals surface area contributed by atoms with Crippen LogP contribution in [0.25, 0.3) is 10.9 Å². The second kappa shape index (κ2) is 6.41. The Labute approximate surface area is 120 Å². The monoisotopic (exact) mass is 297 g/mol. The second-order valence-corrected chi connectivity index (χ2v) is 6.00. The van der Waals surface area contributed by atoms with Crippen LogP contribution in [0.5, 0.6) is 0 Å². The molecule has 0 bridgehead atoms. The second-order valence-electron chi connectivity index (χ2n) is 4.53. The highest BCUT2D eigenvalue weighted by Gasteiger charge is 2.06. The van der Waals surface area contributed by atoms with Gasteiger partial charge >= 0.3 is 0 Å². The van der Waals surface area contributed by atoms with E-state index in [0.717, 1.165) is 5.75 Å². The number of nitrogens with one attached hydrogen (secondary N) is 1. The third-order valence-electron chi connectivity index (χ3n) is 2.76. The lowest BCUT2D eigenvalue weighted by molar-refractivity contribution is 0.675. The molecule has 6 heteroatoms. The fraction of sp³-hybridized carbons (Fsp3) is 0.385. The molecule has 102 valence electrons. The van der Waals surface area contributed by atoms with Gasteiger partial charge in [-0.15, -0.1) is 0 Å². The number of nitrogens with two attached hydrogens (primary N) is 1. The molecule has 0 amide bonds. The van der Waals surface area contributed by atoms with Crippen molar-refractivity contribution in [1.29, 1.82) is 0 Å². The lowest BCUT2D eigenvalue weighted by atomic mass is 10.2. The minimum Gasteiger partial charge on any atom is -0.330 e. The number of rotatable bonds is 5. The van der Waals surface area contributed by atoms with Crippen molar-refractivity contribution in [3.05, 3.63) is 39.4 Å². The number of benzene rings is 1. The van der Waals surface area contributed by atoms with Gasteiger partial charge in [-0.1, -0.05) is 18.5 Å². The summed E-state index contributed by atoms with van der Waals surface area (Å²) in [5, 5.41) is 1.07. The highest BCUT2D eigenvalue weighted by molar-refractivity contribution is 7.98. The molecule has 0 aliphatic carbocycles. The minimum absolute atomic E-state index is 0.144. The Morgan fingerprint density at radius 2 is 2.32 bits per heavy atom. The zero-order valence-electron chi connectivity index (χ0n) is 10.6. The predicted molar refractivity (Wildman–Crippen MR) is 81.8 cm³/mol. The molecule has 0 aliphatic rings. The van der Waals surface area contributed by atoms with Gasteiger partial charge in [0.25, 0.3) is 5.56 Å². The van der Waals surface area contributed by atoms with Crippen molar-refractivity contribution < 1.29 is 0 Å². The van der Waals surface area contributed by atoms with Crippen molar-refractivity contribution in [2.75, 3.05) is 12.3 Å². The van der Waals surface area contributed by atoms with Gasteiger partial charge in [0.15, 0.2) is 0 Å². The molecule has 4 nitrogen and oxygen atoms in total. The van der Waals surface area contributed by atoms with Crippen LogP contribution >= 0.6 is 23.4 Å². The van der Waals surface area contributed by atoms with E-state index in [4.69, 9.17) is 17.3 Å². The molecule has 19 heavy (non-hydrogen) atoms. The van der Waals surface area contributed by atoms with E-state index in [-0.39, 0.29) is 5.56 Å². The van der Waals surface area contributed by atoms with E-state index in [9.17, 15) is 4.79 Å². The van der Waals surface area contributed by atoms with Gasteiger partial charge < -0.3 is 10.7 Å². The summed E-state index contributed by atoms with van der Waals surface area (Å²) in [6.07, 6.45) is 0. The number of aromatic nitrogens is 2. The van der Waals surface area contributed by atoms with E-state index in [0.29, 0.717) is 40.0 Å². The van der Waals surface area contributed by atoms with Crippen LogP contribution in [0.3, 0.4) is 0 Å². The molecule has 1 atom stereocenters. The molecule has 1 unspecified atom stereocenters. The Bertz CT molecular complexity index is 629. The Morgan fingerprint density at radius 3 is 3.05 bits per heavy atom. The number of hydrogen-bond donors (Lipinski definition) is 2. The van der Waals surface area contributed by atoms with Gasteiger partial charge in [0.05, 0.1) is 16.7 Å². The maximum Gasteiger partial charge on any atom is 0.258 e. The Kier molecular flexibility index (Phi) is 4.85. The summed E-state index contributed by atoms with van der Waals surface area (Å²) in [4.78, 5) is 19.1. The Morgan fingerprint density at radius 1 is 1.53 bits per heavy atom. The number of halogens is 1. The number of hydrogen-bond acceptors (Lipinski definition) is 4. The number of nitrogens with zero attached hydrogens (tertiary/aromatic N) is 1. The fourth-order valence-corrected chi connectivity index (χ4v) is 2.81. The highest BCUT2D eigenvalue weighted by atomic mass is 35.5. The topological polar surface area (TPSA) is 71.8 Å². The Hall–Kier alpha value is -1.04. The molecule has 0 saturated heterocycles. The van der Waals surface area contributed by atoms with E-state index >= 15 is 0 Å².